The maximum Gasteiger partial charge on any atom is 0.488 e. The van der Waals surface area contributed by atoms with E-state index in [9.17, 15) is 14.6 Å². The molecule has 11 heteroatoms. The largest absolute Gasteiger partial charge is 0.593 e. The number of hydrogen-bond acceptors (Lipinski definition) is 8. The normalized spacial score (nSPS) is 12.2. The molecule has 0 aliphatic carbocycles. The van der Waals surface area contributed by atoms with Crippen molar-refractivity contribution in [2.24, 2.45) is 5.14 Å². The van der Waals surface area contributed by atoms with Crippen LogP contribution in [0.5, 0.6) is 0 Å². The first-order valence-electron chi connectivity index (χ1n) is 9.53. The van der Waals surface area contributed by atoms with Crippen LogP contribution in [-0.4, -0.2) is 41.7 Å². The maximum atomic E-state index is 11.9. The van der Waals surface area contributed by atoms with Gasteiger partial charge in [0.2, 0.25) is 5.95 Å². The minimum atomic E-state index is -1.63. The SMILES string of the molecule is Cc1nc(NCc2cccc(B(O)O)c2)nc(-c2c(C)[nH]c3c([S+](N)[O-])cccc23)n1. The molecule has 0 radical (unpaired) electrons. The molecule has 1 atom stereocenters. The van der Waals surface area contributed by atoms with E-state index in [-0.39, 0.29) is 0 Å². The van der Waals surface area contributed by atoms with Crippen molar-refractivity contribution in [3.05, 3.63) is 59.5 Å². The van der Waals surface area contributed by atoms with Crippen molar-refractivity contribution >= 4 is 40.8 Å². The van der Waals surface area contributed by atoms with Crippen LogP contribution in [0.3, 0.4) is 0 Å². The van der Waals surface area contributed by atoms with E-state index in [4.69, 9.17) is 5.14 Å². The molecule has 0 fully saturated rings. The molecule has 4 aromatic rings. The van der Waals surface area contributed by atoms with Gasteiger partial charge in [0.15, 0.2) is 10.7 Å². The molecule has 2 heterocycles. The van der Waals surface area contributed by atoms with E-state index in [1.807, 2.05) is 19.1 Å². The van der Waals surface area contributed by atoms with E-state index in [0.717, 1.165) is 22.2 Å². The summed E-state index contributed by atoms with van der Waals surface area (Å²) in [7, 11) is -1.52. The first-order chi connectivity index (χ1) is 14.8. The van der Waals surface area contributed by atoms with Crippen LogP contribution in [0.2, 0.25) is 0 Å². The number of nitrogens with two attached hydrogens (primary N) is 1. The minimum absolute atomic E-state index is 0.393. The fourth-order valence-electron chi connectivity index (χ4n) is 3.49. The van der Waals surface area contributed by atoms with Crippen LogP contribution in [0.15, 0.2) is 47.4 Å². The lowest BCUT2D eigenvalue weighted by molar-refractivity contribution is 0.425. The summed E-state index contributed by atoms with van der Waals surface area (Å²) in [6, 6.07) is 12.4. The lowest BCUT2D eigenvalue weighted by Gasteiger charge is -2.09. The van der Waals surface area contributed by atoms with Crippen molar-refractivity contribution in [2.45, 2.75) is 25.3 Å². The Morgan fingerprint density at radius 1 is 1.13 bits per heavy atom. The highest BCUT2D eigenvalue weighted by atomic mass is 32.2. The Morgan fingerprint density at radius 2 is 1.90 bits per heavy atom. The Hall–Kier alpha value is -2.96. The third kappa shape index (κ3) is 4.41. The van der Waals surface area contributed by atoms with Gasteiger partial charge >= 0.3 is 7.12 Å². The molecule has 9 nitrogen and oxygen atoms in total. The fraction of sp³-hybridized carbons (Fsp3) is 0.150. The van der Waals surface area contributed by atoms with Gasteiger partial charge in [-0.1, -0.05) is 36.4 Å². The number of hydrogen-bond donors (Lipinski definition) is 5. The zero-order valence-corrected chi connectivity index (χ0v) is 17.8. The Morgan fingerprint density at radius 3 is 2.65 bits per heavy atom. The third-order valence-electron chi connectivity index (χ3n) is 4.87. The third-order valence-corrected chi connectivity index (χ3v) is 5.64. The summed E-state index contributed by atoms with van der Waals surface area (Å²) in [4.78, 5) is 17.2. The van der Waals surface area contributed by atoms with Gasteiger partial charge in [-0.2, -0.15) is 9.97 Å². The van der Waals surface area contributed by atoms with Gasteiger partial charge in [0.05, 0.1) is 11.4 Å². The number of nitrogens with zero attached hydrogens (tertiary/aromatic N) is 3. The lowest BCUT2D eigenvalue weighted by Crippen LogP contribution is -2.30. The molecule has 4 rings (SSSR count). The molecule has 0 saturated heterocycles. The van der Waals surface area contributed by atoms with Gasteiger partial charge in [-0.3, -0.25) is 0 Å². The zero-order chi connectivity index (χ0) is 22.1. The lowest BCUT2D eigenvalue weighted by atomic mass is 9.80. The number of aromatic nitrogens is 4. The van der Waals surface area contributed by atoms with Crippen molar-refractivity contribution in [3.8, 4) is 11.4 Å². The predicted molar refractivity (Wildman–Crippen MR) is 121 cm³/mol. The summed E-state index contributed by atoms with van der Waals surface area (Å²) in [5.41, 5.74) is 3.58. The standard InChI is InChI=1S/C20H21BN6O3S/c1-11-17(15-7-4-8-16(31(22)30)18(15)24-11)19-25-12(2)26-20(27-19)23-10-13-5-3-6-14(9-13)21(28)29/h3-9,24,28-29H,10,22H2,1-2H3,(H,23,25,26,27). The highest BCUT2D eigenvalue weighted by Gasteiger charge is 2.20. The Balaban J connectivity index is 1.68. The summed E-state index contributed by atoms with van der Waals surface area (Å²) in [6.45, 7) is 4.08. The molecule has 2 aromatic carbocycles. The number of fused-ring (bicyclic) bond motifs is 1. The van der Waals surface area contributed by atoms with E-state index in [1.54, 1.807) is 37.3 Å². The summed E-state index contributed by atoms with van der Waals surface area (Å²) >= 11 is -1.63. The van der Waals surface area contributed by atoms with Gasteiger partial charge in [0, 0.05) is 23.2 Å². The van der Waals surface area contributed by atoms with Crippen LogP contribution < -0.4 is 15.9 Å². The highest BCUT2D eigenvalue weighted by Crippen LogP contribution is 2.33. The molecule has 0 amide bonds. The van der Waals surface area contributed by atoms with E-state index in [2.05, 4.69) is 25.3 Å². The van der Waals surface area contributed by atoms with Crippen molar-refractivity contribution in [1.82, 2.24) is 19.9 Å². The van der Waals surface area contributed by atoms with Crippen LogP contribution in [0, 0.1) is 13.8 Å². The molecule has 0 saturated carbocycles. The summed E-state index contributed by atoms with van der Waals surface area (Å²) in [6.07, 6.45) is 0. The summed E-state index contributed by atoms with van der Waals surface area (Å²) in [5.74, 6) is 1.42. The van der Waals surface area contributed by atoms with Gasteiger partial charge in [-0.15, -0.1) is 5.14 Å². The number of rotatable bonds is 6. The van der Waals surface area contributed by atoms with Crippen LogP contribution >= 0.6 is 0 Å². The molecule has 6 N–H and O–H groups in total. The smallest absolute Gasteiger partial charge is 0.488 e. The Kier molecular flexibility index (Phi) is 5.94. The van der Waals surface area contributed by atoms with Gasteiger partial charge in [0.1, 0.15) is 11.3 Å². The first-order valence-corrected chi connectivity index (χ1v) is 10.7. The average molecular weight is 436 g/mol. The second-order valence-corrected chi connectivity index (χ2v) is 8.14. The predicted octanol–water partition coefficient (Wildman–Crippen LogP) is 0.910. The quantitative estimate of drug-likeness (QED) is 0.221. The van der Waals surface area contributed by atoms with E-state index < -0.39 is 18.5 Å². The van der Waals surface area contributed by atoms with Crippen molar-refractivity contribution in [1.29, 1.82) is 0 Å². The molecule has 0 aliphatic heterocycles. The topological polar surface area (TPSA) is 156 Å². The van der Waals surface area contributed by atoms with Crippen molar-refractivity contribution < 1.29 is 14.6 Å². The molecule has 0 bridgehead atoms. The van der Waals surface area contributed by atoms with Crippen LogP contribution in [0.4, 0.5) is 5.95 Å². The Labute approximate surface area is 182 Å². The van der Waals surface area contributed by atoms with Crippen molar-refractivity contribution in [2.75, 3.05) is 5.32 Å². The average Bonchev–Trinajstić information content (AvgIpc) is 3.07. The molecule has 1 unspecified atom stereocenters. The minimum Gasteiger partial charge on any atom is -0.593 e. The number of aryl methyl sites for hydroxylation is 2. The second kappa shape index (κ2) is 8.65. The molecule has 0 aliphatic rings. The van der Waals surface area contributed by atoms with E-state index >= 15 is 0 Å². The van der Waals surface area contributed by atoms with Crippen LogP contribution in [0.1, 0.15) is 17.1 Å². The number of benzene rings is 2. The van der Waals surface area contributed by atoms with Gasteiger partial charge in [-0.25, -0.2) is 4.98 Å². The monoisotopic (exact) mass is 436 g/mol. The van der Waals surface area contributed by atoms with E-state index in [0.29, 0.717) is 40.0 Å². The summed E-state index contributed by atoms with van der Waals surface area (Å²) in [5, 5.41) is 28.3. The second-order valence-electron chi connectivity index (χ2n) is 7.10. The molecule has 2 aromatic heterocycles. The number of H-pyrrole nitrogens is 1. The molecular formula is C20H21BN6O3S. The molecule has 0 spiro atoms. The summed E-state index contributed by atoms with van der Waals surface area (Å²) < 4.78 is 11.9. The Bertz CT molecular complexity index is 1250. The zero-order valence-electron chi connectivity index (χ0n) is 17.0. The van der Waals surface area contributed by atoms with Gasteiger partial charge < -0.3 is 24.9 Å². The molecule has 158 valence electrons. The van der Waals surface area contributed by atoms with Gasteiger partial charge in [-0.05, 0) is 30.9 Å². The molecular weight excluding hydrogens is 415 g/mol. The number of para-hydroxylation sites is 1. The number of nitrogens with one attached hydrogen (secondary N) is 2. The number of anilines is 1. The maximum absolute atomic E-state index is 11.9. The van der Waals surface area contributed by atoms with Crippen LogP contribution in [0.25, 0.3) is 22.3 Å². The van der Waals surface area contributed by atoms with Gasteiger partial charge in [0.25, 0.3) is 0 Å². The number of aromatic amines is 1. The first kappa shape index (κ1) is 21.3. The highest BCUT2D eigenvalue weighted by molar-refractivity contribution is 7.89. The van der Waals surface area contributed by atoms with Crippen LogP contribution in [-0.2, 0) is 17.9 Å². The van der Waals surface area contributed by atoms with Crippen molar-refractivity contribution in [3.63, 3.8) is 0 Å². The molecule has 31 heavy (non-hydrogen) atoms. The van der Waals surface area contributed by atoms with E-state index in [1.165, 1.54) is 0 Å². The fourth-order valence-corrected chi connectivity index (χ4v) is 4.07.